The van der Waals surface area contributed by atoms with Gasteiger partial charge in [-0.1, -0.05) is 121 Å². The summed E-state index contributed by atoms with van der Waals surface area (Å²) in [6, 6.07) is 59.5. The quantitative estimate of drug-likeness (QED) is 0.194. The van der Waals surface area contributed by atoms with E-state index in [4.69, 9.17) is 0 Å². The molecule has 0 aliphatic heterocycles. The van der Waals surface area contributed by atoms with Crippen LogP contribution in [0.4, 0.5) is 0 Å². The number of benzene rings is 7. The van der Waals surface area contributed by atoms with E-state index in [1.807, 2.05) is 25.1 Å². The smallest absolute Gasteiger partial charge is 0.101 e. The van der Waals surface area contributed by atoms with Crippen LogP contribution in [0, 0.1) is 29.6 Å². The Balaban J connectivity index is 1.31. The Kier molecular flexibility index (Phi) is 7.14. The fraction of sp³-hybridized carbons (Fsp3) is 0.0222. The van der Waals surface area contributed by atoms with Crippen molar-refractivity contribution in [3.05, 3.63) is 174 Å². The third-order valence-corrected chi connectivity index (χ3v) is 9.19. The normalized spacial score (nSPS) is 11.0. The van der Waals surface area contributed by atoms with Crippen molar-refractivity contribution in [2.24, 2.45) is 0 Å². The minimum Gasteiger partial charge on any atom is -0.308 e. The van der Waals surface area contributed by atoms with Gasteiger partial charge in [-0.25, -0.2) is 0 Å². The minimum atomic E-state index is 0.478. The first kappa shape index (κ1) is 28.8. The number of aryl methyl sites for hydroxylation is 1. The highest BCUT2D eigenvalue weighted by Gasteiger charge is 2.19. The maximum Gasteiger partial charge on any atom is 0.101 e. The number of aromatic nitrogens is 1. The first-order valence-electron chi connectivity index (χ1n) is 16.0. The zero-order valence-corrected chi connectivity index (χ0v) is 26.4. The lowest BCUT2D eigenvalue weighted by Gasteiger charge is -2.14. The molecule has 48 heavy (non-hydrogen) atoms. The summed E-state index contributed by atoms with van der Waals surface area (Å²) in [5, 5.41) is 22.1. The van der Waals surface area contributed by atoms with Crippen LogP contribution in [-0.2, 0) is 0 Å². The molecule has 3 heteroatoms. The van der Waals surface area contributed by atoms with Gasteiger partial charge in [-0.3, -0.25) is 0 Å². The molecular formula is C45H29N3. The molecule has 0 spiro atoms. The average molecular weight is 612 g/mol. The summed E-state index contributed by atoms with van der Waals surface area (Å²) in [4.78, 5) is 0. The lowest BCUT2D eigenvalue weighted by Crippen LogP contribution is -2.01. The van der Waals surface area contributed by atoms with E-state index in [-0.39, 0.29) is 0 Å². The second-order valence-electron chi connectivity index (χ2n) is 12.1. The van der Waals surface area contributed by atoms with Crippen LogP contribution in [0.25, 0.3) is 72.0 Å². The summed E-state index contributed by atoms with van der Waals surface area (Å²) < 4.78 is 2.18. The van der Waals surface area contributed by atoms with Gasteiger partial charge in [0.2, 0.25) is 0 Å². The van der Waals surface area contributed by atoms with Crippen LogP contribution >= 0.6 is 0 Å². The van der Waals surface area contributed by atoms with Crippen LogP contribution in [0.2, 0.25) is 0 Å². The Morgan fingerprint density at radius 3 is 1.23 bits per heavy atom. The number of hydrogen-bond donors (Lipinski definition) is 0. The molecule has 0 aliphatic rings. The Hall–Kier alpha value is -6.68. The van der Waals surface area contributed by atoms with Gasteiger partial charge in [-0.15, -0.1) is 0 Å². The highest BCUT2D eigenvalue weighted by Crippen LogP contribution is 2.39. The van der Waals surface area contributed by atoms with Crippen LogP contribution < -0.4 is 0 Å². The van der Waals surface area contributed by atoms with E-state index in [1.54, 1.807) is 6.07 Å². The van der Waals surface area contributed by atoms with E-state index >= 15 is 0 Å². The van der Waals surface area contributed by atoms with Crippen molar-refractivity contribution in [3.63, 3.8) is 0 Å². The molecule has 8 aromatic rings. The predicted molar refractivity (Wildman–Crippen MR) is 197 cm³/mol. The van der Waals surface area contributed by atoms with Crippen molar-refractivity contribution in [3.8, 4) is 62.3 Å². The molecule has 0 fully saturated rings. The minimum absolute atomic E-state index is 0.478. The molecule has 0 radical (unpaired) electrons. The van der Waals surface area contributed by atoms with Crippen molar-refractivity contribution in [2.45, 2.75) is 6.92 Å². The fourth-order valence-corrected chi connectivity index (χ4v) is 6.82. The van der Waals surface area contributed by atoms with Gasteiger partial charge in [0, 0.05) is 10.8 Å². The molecule has 0 amide bonds. The van der Waals surface area contributed by atoms with Crippen molar-refractivity contribution < 1.29 is 0 Å². The molecule has 1 aromatic heterocycles. The van der Waals surface area contributed by atoms with E-state index in [0.717, 1.165) is 55.3 Å². The molecule has 224 valence electrons. The fourth-order valence-electron chi connectivity index (χ4n) is 6.82. The van der Waals surface area contributed by atoms with Crippen molar-refractivity contribution in [1.82, 2.24) is 4.57 Å². The summed E-state index contributed by atoms with van der Waals surface area (Å²) >= 11 is 0. The van der Waals surface area contributed by atoms with Crippen LogP contribution in [0.15, 0.2) is 158 Å². The number of nitriles is 2. The van der Waals surface area contributed by atoms with Crippen molar-refractivity contribution in [1.29, 1.82) is 10.5 Å². The van der Waals surface area contributed by atoms with E-state index in [0.29, 0.717) is 11.1 Å². The molecule has 0 N–H and O–H groups in total. The van der Waals surface area contributed by atoms with Gasteiger partial charge in [-0.2, -0.15) is 10.5 Å². The Morgan fingerprint density at radius 2 is 0.812 bits per heavy atom. The number of nitrogens with zero attached hydrogens (tertiary/aromatic N) is 3. The lowest BCUT2D eigenvalue weighted by molar-refractivity contribution is 1.13. The van der Waals surface area contributed by atoms with Crippen LogP contribution in [0.3, 0.4) is 0 Å². The largest absolute Gasteiger partial charge is 0.308 e. The molecular weight excluding hydrogens is 583 g/mol. The van der Waals surface area contributed by atoms with Crippen LogP contribution in [0.1, 0.15) is 16.7 Å². The van der Waals surface area contributed by atoms with Crippen LogP contribution in [0.5, 0.6) is 0 Å². The molecule has 7 aromatic carbocycles. The number of rotatable bonds is 5. The molecule has 0 bridgehead atoms. The van der Waals surface area contributed by atoms with Gasteiger partial charge in [0.15, 0.2) is 0 Å². The Morgan fingerprint density at radius 1 is 0.417 bits per heavy atom. The lowest BCUT2D eigenvalue weighted by atomic mass is 9.97. The van der Waals surface area contributed by atoms with E-state index in [2.05, 4.69) is 150 Å². The molecule has 0 unspecified atom stereocenters. The summed E-state index contributed by atoms with van der Waals surface area (Å²) in [5.41, 5.74) is 13.9. The molecule has 0 atom stereocenters. The monoisotopic (exact) mass is 611 g/mol. The Bertz CT molecular complexity index is 2400. The number of fused-ring (bicyclic) bond motifs is 3. The SMILES string of the molecule is Cc1cc(C#N)cc(C#N)c1-n1c2ccc(-c3ccc(-c4ccccc4)cc3)cc2c2cc(-c3ccc(-c4ccccc4)cc3)ccc21. The first-order chi connectivity index (χ1) is 23.6. The van der Waals surface area contributed by atoms with Crippen molar-refractivity contribution in [2.75, 3.05) is 0 Å². The maximum absolute atomic E-state index is 10.2. The second-order valence-corrected chi connectivity index (χ2v) is 12.1. The highest BCUT2D eigenvalue weighted by atomic mass is 15.0. The van der Waals surface area contributed by atoms with Gasteiger partial charge in [0.1, 0.15) is 6.07 Å². The Labute approximate surface area is 279 Å². The molecule has 0 aliphatic carbocycles. The van der Waals surface area contributed by atoms with Crippen molar-refractivity contribution >= 4 is 21.8 Å². The van der Waals surface area contributed by atoms with Gasteiger partial charge in [0.25, 0.3) is 0 Å². The van der Waals surface area contributed by atoms with Gasteiger partial charge in [-0.05, 0) is 93.4 Å². The molecule has 0 saturated carbocycles. The second kappa shape index (κ2) is 11.9. The molecule has 0 saturated heterocycles. The highest BCUT2D eigenvalue weighted by molar-refractivity contribution is 6.12. The summed E-state index contributed by atoms with van der Waals surface area (Å²) in [6.07, 6.45) is 0. The van der Waals surface area contributed by atoms with Gasteiger partial charge in [0.05, 0.1) is 33.9 Å². The third kappa shape index (κ3) is 5.01. The predicted octanol–water partition coefficient (Wildman–Crippen LogP) is 11.5. The number of hydrogen-bond acceptors (Lipinski definition) is 2. The molecule has 8 rings (SSSR count). The maximum atomic E-state index is 10.2. The average Bonchev–Trinajstić information content (AvgIpc) is 3.47. The van der Waals surface area contributed by atoms with Gasteiger partial charge >= 0.3 is 0 Å². The topological polar surface area (TPSA) is 52.5 Å². The standard InChI is InChI=1S/C45H29N3/c1-30-24-31(28-46)25-40(29-47)45(30)48-43-22-20-38(36-16-12-34(13-17-36)32-8-4-2-5-9-32)26-41(43)42-27-39(21-23-44(42)48)37-18-14-35(15-19-37)33-10-6-3-7-11-33/h2-27H,1H3. The zero-order chi connectivity index (χ0) is 32.6. The summed E-state index contributed by atoms with van der Waals surface area (Å²) in [5.74, 6) is 0. The molecule has 1 heterocycles. The summed E-state index contributed by atoms with van der Waals surface area (Å²) in [6.45, 7) is 1.97. The van der Waals surface area contributed by atoms with E-state index in [9.17, 15) is 10.5 Å². The van der Waals surface area contributed by atoms with Crippen LogP contribution in [-0.4, -0.2) is 4.57 Å². The first-order valence-corrected chi connectivity index (χ1v) is 16.0. The van der Waals surface area contributed by atoms with E-state index in [1.165, 1.54) is 22.3 Å². The third-order valence-electron chi connectivity index (χ3n) is 9.19. The zero-order valence-electron chi connectivity index (χ0n) is 26.4. The molecule has 3 nitrogen and oxygen atoms in total. The summed E-state index contributed by atoms with van der Waals surface area (Å²) in [7, 11) is 0. The van der Waals surface area contributed by atoms with E-state index < -0.39 is 0 Å². The van der Waals surface area contributed by atoms with Gasteiger partial charge < -0.3 is 4.57 Å².